The second-order valence-electron chi connectivity index (χ2n) is 9.58. The Morgan fingerprint density at radius 1 is 0.829 bits per heavy atom. The third-order valence-electron chi connectivity index (χ3n) is 6.79. The summed E-state index contributed by atoms with van der Waals surface area (Å²) in [6, 6.07) is 15.0. The van der Waals surface area contributed by atoms with Crippen molar-refractivity contribution in [2.75, 3.05) is 10.2 Å². The van der Waals surface area contributed by atoms with Crippen LogP contribution in [0.15, 0.2) is 53.4 Å². The Morgan fingerprint density at radius 3 is 1.97 bits per heavy atom. The largest absolute Gasteiger partial charge is 1.00 e. The van der Waals surface area contributed by atoms with E-state index in [0.717, 1.165) is 30.8 Å². The summed E-state index contributed by atoms with van der Waals surface area (Å²) in [7, 11) is -4.47. The molecule has 7 heteroatoms. The molecule has 0 radical (unpaired) electrons. The maximum absolute atomic E-state index is 11.5. The van der Waals surface area contributed by atoms with Gasteiger partial charge in [-0.15, -0.1) is 0 Å². The Kier molecular flexibility index (Phi) is 14.5. The fourth-order valence-electron chi connectivity index (χ4n) is 4.84. The summed E-state index contributed by atoms with van der Waals surface area (Å²) in [6.07, 6.45) is 17.0. The van der Waals surface area contributed by atoms with Crippen molar-refractivity contribution in [3.05, 3.63) is 54.1 Å². The zero-order valence-corrected chi connectivity index (χ0v) is 25.6. The van der Waals surface area contributed by atoms with Crippen LogP contribution in [0.1, 0.15) is 96.0 Å². The number of hydrogen-bond acceptors (Lipinski definition) is 5. The van der Waals surface area contributed by atoms with Crippen LogP contribution >= 0.6 is 0 Å². The molecule has 1 atom stereocenters. The second-order valence-corrected chi connectivity index (χ2v) is 11.0. The minimum Gasteiger partial charge on any atom is -0.744 e. The van der Waals surface area contributed by atoms with Gasteiger partial charge in [0, 0.05) is 6.54 Å². The zero-order valence-electron chi connectivity index (χ0n) is 21.7. The average molecular weight is 525 g/mol. The summed E-state index contributed by atoms with van der Waals surface area (Å²) in [4.78, 5) is 2.12. The Morgan fingerprint density at radius 2 is 1.40 bits per heavy atom. The Labute approximate surface area is 255 Å². The van der Waals surface area contributed by atoms with E-state index in [1.165, 1.54) is 88.3 Å². The first-order chi connectivity index (χ1) is 16.5. The van der Waals surface area contributed by atoms with Gasteiger partial charge in [0.1, 0.15) is 10.1 Å². The zero-order chi connectivity index (χ0) is 24.2. The Hall–Kier alpha value is -0.414. The first kappa shape index (κ1) is 30.8. The molecule has 0 saturated heterocycles. The van der Waals surface area contributed by atoms with Gasteiger partial charge >= 0.3 is 51.4 Å². The molecule has 188 valence electrons. The van der Waals surface area contributed by atoms with Crippen LogP contribution in [0.5, 0.6) is 0 Å². The van der Waals surface area contributed by atoms with Gasteiger partial charge in [-0.2, -0.15) is 0 Å². The first-order valence-corrected chi connectivity index (χ1v) is 14.6. The number of anilines is 2. The molecule has 0 saturated carbocycles. The molecule has 1 N–H and O–H groups in total. The topological polar surface area (TPSA) is 72.5 Å². The molecule has 0 spiro atoms. The molecule has 0 bridgehead atoms. The van der Waals surface area contributed by atoms with Gasteiger partial charge in [-0.1, -0.05) is 108 Å². The van der Waals surface area contributed by atoms with E-state index in [-0.39, 0.29) is 62.4 Å². The summed E-state index contributed by atoms with van der Waals surface area (Å²) in [6.45, 7) is 3.01. The van der Waals surface area contributed by atoms with Crippen molar-refractivity contribution in [1.29, 1.82) is 0 Å². The number of rotatable bonds is 16. The van der Waals surface area contributed by atoms with Gasteiger partial charge in [-0.05, 0) is 36.6 Å². The van der Waals surface area contributed by atoms with Crippen molar-refractivity contribution in [3.8, 4) is 0 Å². The fraction of sp³-hybridized carbons (Fsp3) is 0.571. The molecule has 0 aromatic heterocycles. The van der Waals surface area contributed by atoms with Crippen molar-refractivity contribution in [3.63, 3.8) is 0 Å². The summed E-state index contributed by atoms with van der Waals surface area (Å²) < 4.78 is 34.5. The van der Waals surface area contributed by atoms with Crippen molar-refractivity contribution in [2.24, 2.45) is 0 Å². The van der Waals surface area contributed by atoms with Crippen LogP contribution in [0.4, 0.5) is 11.4 Å². The quantitative estimate of drug-likeness (QED) is 0.200. The van der Waals surface area contributed by atoms with Crippen LogP contribution in [-0.2, 0) is 16.7 Å². The minimum atomic E-state index is -4.47. The van der Waals surface area contributed by atoms with E-state index in [1.54, 1.807) is 6.07 Å². The molecule has 1 aliphatic rings. The molecule has 1 unspecified atom stereocenters. The van der Waals surface area contributed by atoms with Gasteiger partial charge < -0.3 is 14.8 Å². The SMILES string of the molecule is CCCCCCCCCCCCCCC1Nc2cc(S(=O)(=O)[O-])ccc2N1Cc1ccccc1.[K+]. The fourth-order valence-corrected chi connectivity index (χ4v) is 5.34. The summed E-state index contributed by atoms with van der Waals surface area (Å²) in [5.74, 6) is 0. The molecule has 1 aliphatic heterocycles. The van der Waals surface area contributed by atoms with Crippen LogP contribution in [0.25, 0.3) is 0 Å². The van der Waals surface area contributed by atoms with E-state index in [0.29, 0.717) is 0 Å². The molecule has 2 aromatic carbocycles. The van der Waals surface area contributed by atoms with Crippen LogP contribution in [0.2, 0.25) is 0 Å². The maximum Gasteiger partial charge on any atom is 1.00 e. The summed E-state index contributed by atoms with van der Waals surface area (Å²) >= 11 is 0. The average Bonchev–Trinajstić information content (AvgIpc) is 3.16. The maximum atomic E-state index is 11.5. The molecule has 0 amide bonds. The van der Waals surface area contributed by atoms with Gasteiger partial charge in [0.05, 0.1) is 22.4 Å². The minimum absolute atomic E-state index is 0. The van der Waals surface area contributed by atoms with Gasteiger partial charge in [0.25, 0.3) is 0 Å². The first-order valence-electron chi connectivity index (χ1n) is 13.2. The molecule has 1 heterocycles. The van der Waals surface area contributed by atoms with Crippen LogP contribution < -0.4 is 61.6 Å². The molecule has 35 heavy (non-hydrogen) atoms. The number of nitrogens with one attached hydrogen (secondary N) is 1. The normalized spacial score (nSPS) is 14.9. The van der Waals surface area contributed by atoms with Crippen molar-refractivity contribution in [1.82, 2.24) is 0 Å². The Bertz CT molecular complexity index is 969. The molecule has 2 aromatic rings. The number of benzene rings is 2. The van der Waals surface area contributed by atoms with Crippen LogP contribution in [0.3, 0.4) is 0 Å². The van der Waals surface area contributed by atoms with Gasteiger partial charge in [-0.25, -0.2) is 8.42 Å². The van der Waals surface area contributed by atoms with E-state index in [9.17, 15) is 13.0 Å². The van der Waals surface area contributed by atoms with E-state index in [1.807, 2.05) is 18.2 Å². The second kappa shape index (κ2) is 16.4. The van der Waals surface area contributed by atoms with E-state index in [4.69, 9.17) is 0 Å². The summed E-state index contributed by atoms with van der Waals surface area (Å²) in [5.41, 5.74) is 2.90. The van der Waals surface area contributed by atoms with Gasteiger partial charge in [0.15, 0.2) is 0 Å². The van der Waals surface area contributed by atoms with Crippen molar-refractivity contribution in [2.45, 2.75) is 108 Å². The Balaban J connectivity index is 0.00000432. The molecule has 0 aliphatic carbocycles. The molecule has 3 rings (SSSR count). The predicted molar refractivity (Wildman–Crippen MR) is 140 cm³/mol. The third-order valence-corrected chi connectivity index (χ3v) is 7.62. The van der Waals surface area contributed by atoms with Crippen molar-refractivity contribution < 1.29 is 64.4 Å². The number of unbranched alkanes of at least 4 members (excludes halogenated alkanes) is 11. The summed E-state index contributed by atoms with van der Waals surface area (Å²) in [5, 5.41) is 3.48. The predicted octanol–water partition coefficient (Wildman–Crippen LogP) is 4.44. The van der Waals surface area contributed by atoms with E-state index in [2.05, 4.69) is 29.3 Å². The third kappa shape index (κ3) is 10.5. The van der Waals surface area contributed by atoms with Crippen LogP contribution in [-0.4, -0.2) is 19.1 Å². The molecule has 0 fully saturated rings. The van der Waals surface area contributed by atoms with Crippen LogP contribution in [0, 0.1) is 0 Å². The van der Waals surface area contributed by atoms with Gasteiger partial charge in [0.2, 0.25) is 0 Å². The van der Waals surface area contributed by atoms with E-state index < -0.39 is 10.1 Å². The molecular weight excluding hydrogens is 483 g/mol. The number of nitrogens with zero attached hydrogens (tertiary/aromatic N) is 1. The molecule has 5 nitrogen and oxygen atoms in total. The smallest absolute Gasteiger partial charge is 0.744 e. The monoisotopic (exact) mass is 524 g/mol. The van der Waals surface area contributed by atoms with E-state index >= 15 is 0 Å². The van der Waals surface area contributed by atoms with Gasteiger partial charge in [-0.3, -0.25) is 0 Å². The number of hydrogen-bond donors (Lipinski definition) is 1. The standard InChI is InChI=1S/C28H42N2O3S.K/c1-2-3-4-5-6-7-8-9-10-11-12-16-19-28-29-26-22-25(34(31,32)33)20-21-27(26)30(28)23-24-17-14-13-15-18-24;/h13-15,17-18,20-22,28-29H,2-12,16,19,23H2,1H3,(H,31,32,33);/q;+1/p-1. The van der Waals surface area contributed by atoms with Crippen molar-refractivity contribution >= 4 is 21.5 Å². The molecular formula is C28H41KN2O3S. The number of fused-ring (bicyclic) bond motifs is 1.